The summed E-state index contributed by atoms with van der Waals surface area (Å²) in [6.07, 6.45) is 2.93. The number of methoxy groups -OCH3 is 3. The number of cyclic esters (lactones) is 1. The van der Waals surface area contributed by atoms with Gasteiger partial charge in [-0.25, -0.2) is 4.79 Å². The van der Waals surface area contributed by atoms with Gasteiger partial charge in [-0.2, -0.15) is 0 Å². The number of benzene rings is 1. The fourth-order valence-corrected chi connectivity index (χ4v) is 10.1. The summed E-state index contributed by atoms with van der Waals surface area (Å²) < 4.78 is 35.8. The van der Waals surface area contributed by atoms with Crippen molar-refractivity contribution >= 4 is 23.4 Å². The van der Waals surface area contributed by atoms with Crippen LogP contribution >= 0.6 is 0 Å². The number of carbonyl (C=O) groups excluding carboxylic acids is 4. The average molecular weight is 884 g/mol. The Morgan fingerprint density at radius 3 is 2.27 bits per heavy atom. The zero-order valence-corrected chi connectivity index (χ0v) is 38.8. The Bertz CT molecular complexity index is 1800. The molecule has 3 N–H and O–H groups in total. The van der Waals surface area contributed by atoms with Gasteiger partial charge >= 0.3 is 5.97 Å². The standard InChI is InChI=1S/C49H73NO13/c1-10-34-21-28(2)20-29(3)22-42(59-8)45-43(60-9)24-31(5)49(57,63-45)46(54)47(55)50-19-12-11-16-37(50)48(56)62-44(32(6)38(51)27-39(34)52)30(4)23-33-17-18-41(40(53)25-33)61-36-15-13-14-35(26-36)58-7/h13-15,21,23,26,29,31-34,37-38,40-45,51,53,57H,10-12,16-20,22,24-25,27H2,1-9H3. The lowest BCUT2D eigenvalue weighted by Gasteiger charge is -2.47. The lowest BCUT2D eigenvalue weighted by Crippen LogP contribution is -2.64. The van der Waals surface area contributed by atoms with Crippen molar-refractivity contribution in [3.8, 4) is 11.5 Å². The number of allylic oxidation sites excluding steroid dienone is 3. The molecule has 1 saturated carbocycles. The smallest absolute Gasteiger partial charge is 0.329 e. The van der Waals surface area contributed by atoms with Crippen LogP contribution in [0, 0.1) is 29.6 Å². The van der Waals surface area contributed by atoms with E-state index >= 15 is 0 Å². The molecule has 1 aromatic carbocycles. The number of Topliss-reactive ketones (excluding diaryl/α,β-unsaturated/α-hetero) is 2. The summed E-state index contributed by atoms with van der Waals surface area (Å²) in [5, 5.41) is 35.1. The highest BCUT2D eigenvalue weighted by molar-refractivity contribution is 6.39. The Morgan fingerprint density at radius 1 is 0.905 bits per heavy atom. The molecule has 5 rings (SSSR count). The molecule has 4 aliphatic rings. The van der Waals surface area contributed by atoms with Crippen molar-refractivity contribution in [2.45, 2.75) is 167 Å². The number of nitrogens with zero attached hydrogens (tertiary/aromatic N) is 1. The van der Waals surface area contributed by atoms with Crippen molar-refractivity contribution in [2.24, 2.45) is 29.6 Å². The van der Waals surface area contributed by atoms with Gasteiger partial charge in [0.15, 0.2) is 0 Å². The van der Waals surface area contributed by atoms with Crippen molar-refractivity contribution in [3.05, 3.63) is 47.6 Å². The number of aliphatic hydroxyl groups excluding tert-OH is 2. The molecule has 3 heterocycles. The molecule has 14 unspecified atom stereocenters. The molecular weight excluding hydrogens is 811 g/mol. The third kappa shape index (κ3) is 12.2. The highest BCUT2D eigenvalue weighted by atomic mass is 16.7. The molecule has 3 aliphatic heterocycles. The quantitative estimate of drug-likeness (QED) is 0.159. The van der Waals surface area contributed by atoms with Crippen LogP contribution in [0.3, 0.4) is 0 Å². The number of amides is 1. The lowest BCUT2D eigenvalue weighted by molar-refractivity contribution is -0.302. The van der Waals surface area contributed by atoms with Gasteiger partial charge < -0.3 is 48.6 Å². The number of aliphatic hydroxyl groups is 3. The Balaban J connectivity index is 1.47. The van der Waals surface area contributed by atoms with Gasteiger partial charge in [0.05, 0.1) is 31.5 Å². The summed E-state index contributed by atoms with van der Waals surface area (Å²) in [4.78, 5) is 58.1. The van der Waals surface area contributed by atoms with Gasteiger partial charge in [-0.05, 0) is 108 Å². The van der Waals surface area contributed by atoms with E-state index in [0.29, 0.717) is 68.4 Å². The number of rotatable bonds is 8. The molecule has 14 nitrogen and oxygen atoms in total. The van der Waals surface area contributed by atoms with Crippen LogP contribution in [-0.4, -0.2) is 126 Å². The summed E-state index contributed by atoms with van der Waals surface area (Å²) >= 11 is 0. The molecule has 1 aromatic rings. The zero-order chi connectivity index (χ0) is 46.2. The Kier molecular flexibility index (Phi) is 18.0. The van der Waals surface area contributed by atoms with Crippen molar-refractivity contribution in [1.29, 1.82) is 0 Å². The van der Waals surface area contributed by atoms with E-state index < -0.39 is 90.0 Å². The molecule has 0 spiro atoms. The molecule has 14 atom stereocenters. The molecule has 0 radical (unpaired) electrons. The van der Waals surface area contributed by atoms with Gasteiger partial charge in [-0.3, -0.25) is 14.4 Å². The van der Waals surface area contributed by atoms with Crippen LogP contribution < -0.4 is 9.47 Å². The van der Waals surface area contributed by atoms with Crippen LogP contribution in [0.4, 0.5) is 0 Å². The second-order valence-electron chi connectivity index (χ2n) is 18.7. The van der Waals surface area contributed by atoms with Crippen molar-refractivity contribution in [2.75, 3.05) is 27.9 Å². The van der Waals surface area contributed by atoms with Gasteiger partial charge in [-0.1, -0.05) is 51.5 Å². The number of ketones is 2. The van der Waals surface area contributed by atoms with E-state index in [1.165, 1.54) is 19.1 Å². The third-order valence-corrected chi connectivity index (χ3v) is 13.9. The van der Waals surface area contributed by atoms with Crippen molar-refractivity contribution < 1.29 is 62.9 Å². The number of ether oxygens (including phenoxy) is 6. The normalized spacial score (nSPS) is 37.3. The number of hydrogen-bond acceptors (Lipinski definition) is 13. The minimum atomic E-state index is -2.52. The molecule has 1 aliphatic carbocycles. The predicted molar refractivity (Wildman–Crippen MR) is 235 cm³/mol. The van der Waals surface area contributed by atoms with Gasteiger partial charge in [0.2, 0.25) is 5.79 Å². The van der Waals surface area contributed by atoms with Crippen molar-refractivity contribution in [1.82, 2.24) is 4.90 Å². The minimum absolute atomic E-state index is 0.0221. The van der Waals surface area contributed by atoms with Crippen LogP contribution in [0.25, 0.3) is 0 Å². The first-order chi connectivity index (χ1) is 29.9. The predicted octanol–water partition coefficient (Wildman–Crippen LogP) is 5.91. The molecular formula is C49H73NO13. The average Bonchev–Trinajstić information content (AvgIpc) is 3.26. The lowest BCUT2D eigenvalue weighted by atomic mass is 9.81. The topological polar surface area (TPSA) is 188 Å². The van der Waals surface area contributed by atoms with Crippen LogP contribution in [0.15, 0.2) is 47.6 Å². The number of fused-ring (bicyclic) bond motifs is 3. The molecule has 2 saturated heterocycles. The number of esters is 1. The summed E-state index contributed by atoms with van der Waals surface area (Å²) in [5.41, 5.74) is 1.61. The van der Waals surface area contributed by atoms with Crippen LogP contribution in [0.1, 0.15) is 112 Å². The monoisotopic (exact) mass is 884 g/mol. The van der Waals surface area contributed by atoms with E-state index in [9.17, 15) is 34.5 Å². The van der Waals surface area contributed by atoms with Crippen molar-refractivity contribution in [3.63, 3.8) is 0 Å². The largest absolute Gasteiger partial charge is 0.497 e. The molecule has 2 bridgehead atoms. The Morgan fingerprint density at radius 2 is 1.60 bits per heavy atom. The van der Waals surface area contributed by atoms with Gasteiger partial charge in [0.1, 0.15) is 41.6 Å². The van der Waals surface area contributed by atoms with Gasteiger partial charge in [0.25, 0.3) is 11.7 Å². The zero-order valence-electron chi connectivity index (χ0n) is 38.8. The summed E-state index contributed by atoms with van der Waals surface area (Å²) in [6, 6.07) is 6.06. The van der Waals surface area contributed by atoms with Gasteiger partial charge in [0, 0.05) is 51.0 Å². The third-order valence-electron chi connectivity index (χ3n) is 13.9. The second-order valence-corrected chi connectivity index (χ2v) is 18.7. The Hall–Kier alpha value is -3.66. The minimum Gasteiger partial charge on any atom is -0.497 e. The maximum atomic E-state index is 14.4. The molecule has 14 heteroatoms. The summed E-state index contributed by atoms with van der Waals surface area (Å²) in [7, 11) is 4.64. The summed E-state index contributed by atoms with van der Waals surface area (Å²) in [6.45, 7) is 11.2. The molecule has 63 heavy (non-hydrogen) atoms. The van der Waals surface area contributed by atoms with E-state index in [4.69, 9.17) is 28.4 Å². The molecule has 352 valence electrons. The fraction of sp³-hybridized carbons (Fsp3) is 0.714. The van der Waals surface area contributed by atoms with E-state index in [1.54, 1.807) is 33.9 Å². The van der Waals surface area contributed by atoms with Crippen LogP contribution in [-0.2, 0) is 38.1 Å². The van der Waals surface area contributed by atoms with E-state index in [-0.39, 0.29) is 43.4 Å². The van der Waals surface area contributed by atoms with E-state index in [2.05, 4.69) is 0 Å². The molecule has 0 aromatic heterocycles. The maximum absolute atomic E-state index is 14.4. The highest BCUT2D eigenvalue weighted by Crippen LogP contribution is 2.39. The summed E-state index contributed by atoms with van der Waals surface area (Å²) in [5.74, 6) is -6.56. The first kappa shape index (κ1) is 50.3. The highest BCUT2D eigenvalue weighted by Gasteiger charge is 2.56. The Labute approximate surface area is 373 Å². The maximum Gasteiger partial charge on any atom is 0.329 e. The van der Waals surface area contributed by atoms with Gasteiger partial charge in [-0.15, -0.1) is 0 Å². The fourth-order valence-electron chi connectivity index (χ4n) is 10.1. The van der Waals surface area contributed by atoms with E-state index in [1.807, 2.05) is 51.1 Å². The first-order valence-corrected chi connectivity index (χ1v) is 23.0. The van der Waals surface area contributed by atoms with Crippen LogP contribution in [0.5, 0.6) is 11.5 Å². The van der Waals surface area contributed by atoms with E-state index in [0.717, 1.165) is 5.57 Å². The first-order valence-electron chi connectivity index (χ1n) is 23.0. The molecule has 3 fully saturated rings. The molecule has 1 amide bonds. The SMILES string of the molecule is CCC1C=C(C)CC(C)CC(OC)C2OC(O)(C(=O)C(=O)N3CCCCC3C(=O)OC(C(C)=CC3CCC(Oc4cccc(OC)c4)C(O)C3)C(C)C(O)CC1=O)C(C)CC2OC. The number of hydrogen-bond donors (Lipinski definition) is 3. The number of piperidine rings is 1. The van der Waals surface area contributed by atoms with Crippen LogP contribution in [0.2, 0.25) is 0 Å². The second kappa shape index (κ2) is 22.5. The number of carbonyl (C=O) groups is 4.